The molecule has 0 saturated carbocycles. The molecule has 1 unspecified atom stereocenters. The summed E-state index contributed by atoms with van der Waals surface area (Å²) in [5.74, 6) is 1.90. The summed E-state index contributed by atoms with van der Waals surface area (Å²) < 4.78 is 16.3. The Morgan fingerprint density at radius 2 is 1.97 bits per heavy atom. The second kappa shape index (κ2) is 10.6. The van der Waals surface area contributed by atoms with E-state index in [9.17, 15) is 4.79 Å². The molecule has 0 spiro atoms. The van der Waals surface area contributed by atoms with E-state index < -0.39 is 11.7 Å². The Labute approximate surface area is 197 Å². The van der Waals surface area contributed by atoms with Gasteiger partial charge in [0.2, 0.25) is 5.72 Å². The van der Waals surface area contributed by atoms with Gasteiger partial charge in [0, 0.05) is 35.9 Å². The maximum absolute atomic E-state index is 11.5. The number of carbonyl (C=O) groups is 1. The van der Waals surface area contributed by atoms with Crippen molar-refractivity contribution >= 4 is 34.6 Å². The van der Waals surface area contributed by atoms with Crippen LogP contribution in [0.25, 0.3) is 0 Å². The molecule has 0 saturated heterocycles. The number of carbonyl (C=O) groups excluding carboxylic acids is 1. The number of hydrogen-bond donors (Lipinski definition) is 1. The molecule has 1 atom stereocenters. The normalized spacial score (nSPS) is 12.4. The summed E-state index contributed by atoms with van der Waals surface area (Å²) in [6.45, 7) is 6.89. The zero-order valence-corrected chi connectivity index (χ0v) is 20.0. The number of esters is 1. The number of nitrogens with one attached hydrogen (secondary N) is 1. The molecule has 0 aliphatic carbocycles. The number of furan rings is 2. The first kappa shape index (κ1) is 23.7. The molecular formula is C25H26ClNO4S. The lowest BCUT2D eigenvalue weighted by Gasteiger charge is -2.30. The van der Waals surface area contributed by atoms with Gasteiger partial charge in [0.15, 0.2) is 5.76 Å². The topological polar surface area (TPSA) is 64.6 Å². The van der Waals surface area contributed by atoms with Crippen LogP contribution in [0.4, 0.5) is 5.69 Å². The fourth-order valence-corrected chi connectivity index (χ4v) is 3.99. The minimum absolute atomic E-state index is 0.404. The molecule has 0 amide bonds. The highest BCUT2D eigenvalue weighted by Crippen LogP contribution is 2.31. The molecule has 1 N–H and O–H groups in total. The van der Waals surface area contributed by atoms with Crippen molar-refractivity contribution in [1.82, 2.24) is 0 Å². The van der Waals surface area contributed by atoms with Crippen LogP contribution >= 0.6 is 22.9 Å². The van der Waals surface area contributed by atoms with E-state index in [1.54, 1.807) is 36.7 Å². The minimum Gasteiger partial charge on any atom is -0.469 e. The van der Waals surface area contributed by atoms with Gasteiger partial charge < -0.3 is 18.9 Å². The van der Waals surface area contributed by atoms with Gasteiger partial charge >= 0.3 is 5.97 Å². The summed E-state index contributed by atoms with van der Waals surface area (Å²) in [4.78, 5) is 12.8. The van der Waals surface area contributed by atoms with Crippen LogP contribution in [-0.4, -0.2) is 5.97 Å². The van der Waals surface area contributed by atoms with Gasteiger partial charge in [-0.3, -0.25) is 4.79 Å². The first-order valence-corrected chi connectivity index (χ1v) is 11.4. The molecule has 0 radical (unpaired) electrons. The van der Waals surface area contributed by atoms with Crippen LogP contribution in [0.1, 0.15) is 41.6 Å². The molecule has 0 aliphatic rings. The van der Waals surface area contributed by atoms with Gasteiger partial charge in [-0.15, -0.1) is 11.3 Å². The summed E-state index contributed by atoms with van der Waals surface area (Å²) in [6.07, 6.45) is 2.63. The van der Waals surface area contributed by atoms with Gasteiger partial charge in [-0.05, 0) is 67.3 Å². The Morgan fingerprint density at radius 3 is 2.56 bits per heavy atom. The molecule has 5 nitrogen and oxygen atoms in total. The number of rotatable bonds is 6. The molecule has 7 heteroatoms. The summed E-state index contributed by atoms with van der Waals surface area (Å²) >= 11 is 7.79. The van der Waals surface area contributed by atoms with Gasteiger partial charge in [0.25, 0.3) is 0 Å². The Balaban J connectivity index is 0.000000219. The van der Waals surface area contributed by atoms with E-state index >= 15 is 0 Å². The molecule has 0 aliphatic heterocycles. The van der Waals surface area contributed by atoms with Crippen LogP contribution in [0.2, 0.25) is 5.02 Å². The zero-order valence-electron chi connectivity index (χ0n) is 18.5. The first-order chi connectivity index (χ1) is 15.2. The maximum Gasteiger partial charge on any atom is 0.305 e. The molecule has 1 aromatic carbocycles. The fourth-order valence-electron chi connectivity index (χ4n) is 3.10. The van der Waals surface area contributed by atoms with Crippen molar-refractivity contribution in [3.63, 3.8) is 0 Å². The predicted octanol–water partition coefficient (Wildman–Crippen LogP) is 7.33. The third-order valence-electron chi connectivity index (χ3n) is 4.64. The lowest BCUT2D eigenvalue weighted by atomic mass is 10.1. The summed E-state index contributed by atoms with van der Waals surface area (Å²) in [6, 6.07) is 17.2. The number of aryl methyl sites for hydroxylation is 2. The van der Waals surface area contributed by atoms with E-state index in [0.29, 0.717) is 10.8 Å². The van der Waals surface area contributed by atoms with Crippen LogP contribution < -0.4 is 5.32 Å². The lowest BCUT2D eigenvalue weighted by Crippen LogP contribution is -2.36. The van der Waals surface area contributed by atoms with E-state index in [4.69, 9.17) is 25.2 Å². The lowest BCUT2D eigenvalue weighted by molar-refractivity contribution is -0.155. The van der Waals surface area contributed by atoms with Gasteiger partial charge in [-0.25, -0.2) is 0 Å². The number of thiophene rings is 1. The second-order valence-electron chi connectivity index (χ2n) is 7.46. The molecule has 4 rings (SSSR count). The van der Waals surface area contributed by atoms with E-state index in [0.717, 1.165) is 29.2 Å². The Hall–Kier alpha value is -2.96. The van der Waals surface area contributed by atoms with E-state index in [1.165, 1.54) is 11.8 Å². The zero-order chi connectivity index (χ0) is 23.1. The second-order valence-corrected chi connectivity index (χ2v) is 8.93. The van der Waals surface area contributed by atoms with Crippen LogP contribution in [0, 0.1) is 13.8 Å². The third kappa shape index (κ3) is 6.52. The van der Waals surface area contributed by atoms with Crippen molar-refractivity contribution < 1.29 is 18.4 Å². The number of ether oxygens (including phenoxy) is 1. The standard InChI is InChI=1S/C16H18ClNO3.C9H8OS/c1-10-5-7-13(17)9-14(10)18-16(4,21-12(3)19)15-8-6-11(2)20-15;1-3-8(10-5-1)7-9-4-2-6-11-9/h5-9,18H,1-4H3;1-6H,7H2. The molecule has 168 valence electrons. The highest BCUT2D eigenvalue weighted by molar-refractivity contribution is 7.09. The van der Waals surface area contributed by atoms with Gasteiger partial charge in [-0.2, -0.15) is 0 Å². The largest absolute Gasteiger partial charge is 0.469 e. The maximum atomic E-state index is 11.5. The quantitative estimate of drug-likeness (QED) is 0.235. The molecule has 0 fully saturated rings. The van der Waals surface area contributed by atoms with Crippen LogP contribution in [0.15, 0.2) is 75.1 Å². The molecular weight excluding hydrogens is 446 g/mol. The van der Waals surface area contributed by atoms with E-state index in [1.807, 2.05) is 44.2 Å². The van der Waals surface area contributed by atoms with E-state index in [2.05, 4.69) is 22.8 Å². The number of benzene rings is 1. The highest BCUT2D eigenvalue weighted by atomic mass is 35.5. The van der Waals surface area contributed by atoms with Crippen molar-refractivity contribution in [2.24, 2.45) is 0 Å². The highest BCUT2D eigenvalue weighted by Gasteiger charge is 2.34. The van der Waals surface area contributed by atoms with Crippen molar-refractivity contribution in [2.75, 3.05) is 5.32 Å². The average molecular weight is 472 g/mol. The van der Waals surface area contributed by atoms with Crippen molar-refractivity contribution in [3.05, 3.63) is 99.0 Å². The summed E-state index contributed by atoms with van der Waals surface area (Å²) in [7, 11) is 0. The van der Waals surface area contributed by atoms with Crippen molar-refractivity contribution in [3.8, 4) is 0 Å². The first-order valence-electron chi connectivity index (χ1n) is 10.1. The smallest absolute Gasteiger partial charge is 0.305 e. The van der Waals surface area contributed by atoms with Gasteiger partial charge in [0.1, 0.15) is 11.5 Å². The van der Waals surface area contributed by atoms with Crippen LogP contribution in [0.3, 0.4) is 0 Å². The number of hydrogen-bond acceptors (Lipinski definition) is 6. The monoisotopic (exact) mass is 471 g/mol. The molecule has 32 heavy (non-hydrogen) atoms. The molecule has 0 bridgehead atoms. The van der Waals surface area contributed by atoms with E-state index in [-0.39, 0.29) is 0 Å². The van der Waals surface area contributed by atoms with Crippen LogP contribution in [0.5, 0.6) is 0 Å². The Kier molecular flexibility index (Phi) is 7.83. The SMILES string of the molecule is CC(=O)OC(C)(Nc1cc(Cl)ccc1C)c1ccc(C)o1.c1coc(Cc2cccs2)c1. The summed E-state index contributed by atoms with van der Waals surface area (Å²) in [5.41, 5.74) is 0.663. The third-order valence-corrected chi connectivity index (χ3v) is 5.75. The average Bonchev–Trinajstić information content (AvgIpc) is 3.49. The predicted molar refractivity (Wildman–Crippen MR) is 128 cm³/mol. The number of halogens is 1. The summed E-state index contributed by atoms with van der Waals surface area (Å²) in [5, 5.41) is 5.89. The van der Waals surface area contributed by atoms with Gasteiger partial charge in [0.05, 0.1) is 6.26 Å². The molecule has 3 aromatic heterocycles. The van der Waals surface area contributed by atoms with Crippen LogP contribution in [-0.2, 0) is 21.7 Å². The van der Waals surface area contributed by atoms with Crippen molar-refractivity contribution in [1.29, 1.82) is 0 Å². The Bertz CT molecular complexity index is 1100. The Morgan fingerprint density at radius 1 is 1.16 bits per heavy atom. The van der Waals surface area contributed by atoms with Crippen molar-refractivity contribution in [2.45, 2.75) is 39.8 Å². The fraction of sp³-hybridized carbons (Fsp3) is 0.240. The molecule has 3 heterocycles. The van der Waals surface area contributed by atoms with Gasteiger partial charge in [-0.1, -0.05) is 23.7 Å². The number of anilines is 1. The molecule has 4 aromatic rings. The minimum atomic E-state index is -1.10.